The van der Waals surface area contributed by atoms with Crippen molar-refractivity contribution >= 4 is 27.5 Å². The number of nitrogens with zero attached hydrogens (tertiary/aromatic N) is 1. The van der Waals surface area contributed by atoms with Gasteiger partial charge in [0, 0.05) is 34.8 Å². The van der Waals surface area contributed by atoms with Crippen molar-refractivity contribution in [3.05, 3.63) is 28.2 Å². The average Bonchev–Trinajstić information content (AvgIpc) is 2.45. The van der Waals surface area contributed by atoms with Crippen molar-refractivity contribution in [1.29, 1.82) is 0 Å². The summed E-state index contributed by atoms with van der Waals surface area (Å²) in [5.41, 5.74) is 7.55. The number of nitrogens with two attached hydrogens (primary N) is 1. The number of hydrogen-bond acceptors (Lipinski definition) is 4. The molecule has 0 fully saturated rings. The van der Waals surface area contributed by atoms with Gasteiger partial charge in [-0.2, -0.15) is 0 Å². The minimum absolute atomic E-state index is 0.269. The van der Waals surface area contributed by atoms with E-state index in [1.165, 1.54) is 0 Å². The molecule has 5 nitrogen and oxygen atoms in total. The number of nitrogens with one attached hydrogen (secondary N) is 1. The highest BCUT2D eigenvalue weighted by atomic mass is 79.9. The van der Waals surface area contributed by atoms with Gasteiger partial charge in [0.25, 0.3) is 0 Å². The SMILES string of the molecule is COCc1c(Br)cccc1NCCCC(C)(C)C(N)=NO. The second-order valence-electron chi connectivity index (χ2n) is 5.60. The Morgan fingerprint density at radius 3 is 2.81 bits per heavy atom. The molecule has 1 aromatic carbocycles. The summed E-state index contributed by atoms with van der Waals surface area (Å²) in [7, 11) is 1.68. The minimum Gasteiger partial charge on any atom is -0.409 e. The van der Waals surface area contributed by atoms with Gasteiger partial charge in [-0.15, -0.1) is 0 Å². The molecular weight excluding hydrogens is 334 g/mol. The number of halogens is 1. The van der Waals surface area contributed by atoms with E-state index < -0.39 is 0 Å². The molecule has 118 valence electrons. The van der Waals surface area contributed by atoms with E-state index in [4.69, 9.17) is 15.7 Å². The number of oxime groups is 1. The van der Waals surface area contributed by atoms with Crippen LogP contribution in [0.4, 0.5) is 5.69 Å². The zero-order chi connectivity index (χ0) is 15.9. The van der Waals surface area contributed by atoms with Crippen molar-refractivity contribution in [2.75, 3.05) is 19.0 Å². The van der Waals surface area contributed by atoms with Gasteiger partial charge < -0.3 is 21.0 Å². The first-order chi connectivity index (χ1) is 9.92. The minimum atomic E-state index is -0.303. The average molecular weight is 358 g/mol. The monoisotopic (exact) mass is 357 g/mol. The van der Waals surface area contributed by atoms with Crippen LogP contribution < -0.4 is 11.1 Å². The lowest BCUT2D eigenvalue weighted by molar-refractivity contribution is 0.185. The van der Waals surface area contributed by atoms with Crippen LogP contribution in [0.25, 0.3) is 0 Å². The van der Waals surface area contributed by atoms with E-state index in [1.807, 2.05) is 32.0 Å². The van der Waals surface area contributed by atoms with E-state index in [2.05, 4.69) is 26.4 Å². The van der Waals surface area contributed by atoms with Crippen LogP contribution in [0.1, 0.15) is 32.3 Å². The molecule has 0 atom stereocenters. The molecule has 0 aliphatic carbocycles. The van der Waals surface area contributed by atoms with Crippen molar-refractivity contribution in [3.8, 4) is 0 Å². The van der Waals surface area contributed by atoms with Gasteiger partial charge >= 0.3 is 0 Å². The number of rotatable bonds is 8. The van der Waals surface area contributed by atoms with Crippen LogP contribution in [0.5, 0.6) is 0 Å². The lowest BCUT2D eigenvalue weighted by Crippen LogP contribution is -2.32. The van der Waals surface area contributed by atoms with E-state index in [1.54, 1.807) is 7.11 Å². The molecule has 0 aliphatic rings. The largest absolute Gasteiger partial charge is 0.409 e. The second kappa shape index (κ2) is 8.24. The first-order valence-electron chi connectivity index (χ1n) is 6.90. The highest BCUT2D eigenvalue weighted by Crippen LogP contribution is 2.26. The van der Waals surface area contributed by atoms with Crippen LogP contribution in [-0.4, -0.2) is 24.7 Å². The quantitative estimate of drug-likeness (QED) is 0.218. The van der Waals surface area contributed by atoms with Gasteiger partial charge in [0.15, 0.2) is 0 Å². The third-order valence-electron chi connectivity index (χ3n) is 3.50. The van der Waals surface area contributed by atoms with Crippen molar-refractivity contribution < 1.29 is 9.94 Å². The fourth-order valence-electron chi connectivity index (χ4n) is 2.03. The van der Waals surface area contributed by atoms with E-state index in [0.717, 1.165) is 35.1 Å². The summed E-state index contributed by atoms with van der Waals surface area (Å²) in [6.45, 7) is 5.31. The Hall–Kier alpha value is -1.27. The third kappa shape index (κ3) is 5.21. The summed E-state index contributed by atoms with van der Waals surface area (Å²) < 4.78 is 6.26. The van der Waals surface area contributed by atoms with Gasteiger partial charge in [-0.1, -0.05) is 41.0 Å². The van der Waals surface area contributed by atoms with E-state index in [-0.39, 0.29) is 11.3 Å². The zero-order valence-corrected chi connectivity index (χ0v) is 14.4. The van der Waals surface area contributed by atoms with E-state index >= 15 is 0 Å². The number of amidine groups is 1. The zero-order valence-electron chi connectivity index (χ0n) is 12.8. The normalized spacial score (nSPS) is 12.5. The highest BCUT2D eigenvalue weighted by Gasteiger charge is 2.22. The number of hydrogen-bond donors (Lipinski definition) is 3. The molecule has 0 amide bonds. The van der Waals surface area contributed by atoms with Crippen molar-refractivity contribution in [2.45, 2.75) is 33.3 Å². The Bertz CT molecular complexity index is 490. The molecule has 0 radical (unpaired) electrons. The molecule has 0 spiro atoms. The molecule has 0 aromatic heterocycles. The molecule has 1 aromatic rings. The fraction of sp³-hybridized carbons (Fsp3) is 0.533. The number of ether oxygens (including phenoxy) is 1. The molecule has 0 saturated carbocycles. The molecule has 0 aliphatic heterocycles. The first-order valence-corrected chi connectivity index (χ1v) is 7.70. The molecule has 6 heteroatoms. The maximum atomic E-state index is 8.76. The van der Waals surface area contributed by atoms with E-state index in [0.29, 0.717) is 6.61 Å². The number of methoxy groups -OCH3 is 1. The maximum absolute atomic E-state index is 8.76. The molecule has 4 N–H and O–H groups in total. The van der Waals surface area contributed by atoms with Crippen LogP contribution in [0.15, 0.2) is 27.8 Å². The van der Waals surface area contributed by atoms with Gasteiger partial charge in [-0.3, -0.25) is 0 Å². The molecular formula is C15H24BrN3O2. The number of anilines is 1. The van der Waals surface area contributed by atoms with E-state index in [9.17, 15) is 0 Å². The van der Waals surface area contributed by atoms with Gasteiger partial charge in [-0.05, 0) is 25.0 Å². The topological polar surface area (TPSA) is 79.9 Å². The standard InChI is InChI=1S/C15H24BrN3O2/c1-15(2,14(17)19-20)8-5-9-18-13-7-4-6-12(16)11(13)10-21-3/h4,6-7,18,20H,5,8-10H2,1-3H3,(H2,17,19). The predicted octanol–water partition coefficient (Wildman–Crippen LogP) is 3.56. The molecule has 21 heavy (non-hydrogen) atoms. The molecule has 1 rings (SSSR count). The Morgan fingerprint density at radius 1 is 1.48 bits per heavy atom. The summed E-state index contributed by atoms with van der Waals surface area (Å²) in [4.78, 5) is 0. The Kier molecular flexibility index (Phi) is 6.98. The van der Waals surface area contributed by atoms with Gasteiger partial charge in [0.2, 0.25) is 0 Å². The summed E-state index contributed by atoms with van der Waals surface area (Å²) >= 11 is 3.54. The predicted molar refractivity (Wildman–Crippen MR) is 89.8 cm³/mol. The smallest absolute Gasteiger partial charge is 0.144 e. The van der Waals surface area contributed by atoms with Gasteiger partial charge in [-0.25, -0.2) is 0 Å². The fourth-order valence-corrected chi connectivity index (χ4v) is 2.51. The summed E-state index contributed by atoms with van der Waals surface area (Å²) in [6, 6.07) is 6.03. The lowest BCUT2D eigenvalue weighted by Gasteiger charge is -2.23. The Balaban J connectivity index is 2.55. The van der Waals surface area contributed by atoms with Crippen LogP contribution in [0.2, 0.25) is 0 Å². The van der Waals surface area contributed by atoms with Crippen molar-refractivity contribution in [3.63, 3.8) is 0 Å². The van der Waals surface area contributed by atoms with Crippen molar-refractivity contribution in [1.82, 2.24) is 0 Å². The molecule has 0 unspecified atom stereocenters. The lowest BCUT2D eigenvalue weighted by atomic mass is 9.86. The van der Waals surface area contributed by atoms with Crippen LogP contribution >= 0.6 is 15.9 Å². The maximum Gasteiger partial charge on any atom is 0.144 e. The molecule has 0 bridgehead atoms. The van der Waals surface area contributed by atoms with Crippen LogP contribution in [0.3, 0.4) is 0 Å². The summed E-state index contributed by atoms with van der Waals surface area (Å²) in [6.07, 6.45) is 1.76. The first kappa shape index (κ1) is 17.8. The Morgan fingerprint density at radius 2 is 2.19 bits per heavy atom. The Labute approximate surface area is 134 Å². The summed E-state index contributed by atoms with van der Waals surface area (Å²) in [5.74, 6) is 0.269. The summed E-state index contributed by atoms with van der Waals surface area (Å²) in [5, 5.41) is 15.3. The highest BCUT2D eigenvalue weighted by molar-refractivity contribution is 9.10. The molecule has 0 saturated heterocycles. The second-order valence-corrected chi connectivity index (χ2v) is 6.45. The third-order valence-corrected chi connectivity index (χ3v) is 4.25. The van der Waals surface area contributed by atoms with Crippen LogP contribution in [-0.2, 0) is 11.3 Å². The van der Waals surface area contributed by atoms with Gasteiger partial charge in [0.05, 0.1) is 6.61 Å². The van der Waals surface area contributed by atoms with Gasteiger partial charge in [0.1, 0.15) is 5.84 Å². The van der Waals surface area contributed by atoms with Crippen LogP contribution in [0, 0.1) is 5.41 Å². The van der Waals surface area contributed by atoms with Crippen molar-refractivity contribution in [2.24, 2.45) is 16.3 Å². The number of benzene rings is 1. The molecule has 0 heterocycles.